The molecule has 0 aromatic heterocycles. The van der Waals surface area contributed by atoms with Gasteiger partial charge in [0.1, 0.15) is 0 Å². The Bertz CT molecular complexity index is 965. The van der Waals surface area contributed by atoms with E-state index in [4.69, 9.17) is 0 Å². The number of benzene rings is 2. The van der Waals surface area contributed by atoms with Crippen LogP contribution in [0.5, 0.6) is 0 Å². The van der Waals surface area contributed by atoms with E-state index in [1.54, 1.807) is 23.1 Å². The molecule has 1 amide bonds. The van der Waals surface area contributed by atoms with E-state index in [0.29, 0.717) is 5.56 Å². The van der Waals surface area contributed by atoms with Gasteiger partial charge in [-0.2, -0.15) is 17.5 Å². The van der Waals surface area contributed by atoms with Gasteiger partial charge < -0.3 is 4.90 Å². The first-order valence-corrected chi connectivity index (χ1v) is 10.1. The molecule has 1 fully saturated rings. The van der Waals surface area contributed by atoms with Gasteiger partial charge in [0.2, 0.25) is 10.0 Å². The van der Waals surface area contributed by atoms with Crippen molar-refractivity contribution in [2.75, 3.05) is 26.2 Å². The Hall–Kier alpha value is -2.39. The summed E-state index contributed by atoms with van der Waals surface area (Å²) in [5, 5.41) is 0. The molecule has 0 unspecified atom stereocenters. The van der Waals surface area contributed by atoms with Gasteiger partial charge in [-0.05, 0) is 43.3 Å². The van der Waals surface area contributed by atoms with Crippen molar-refractivity contribution in [3.05, 3.63) is 65.2 Å². The van der Waals surface area contributed by atoms with Crippen LogP contribution >= 0.6 is 0 Å². The van der Waals surface area contributed by atoms with Gasteiger partial charge >= 0.3 is 6.18 Å². The molecule has 0 atom stereocenters. The van der Waals surface area contributed by atoms with Crippen molar-refractivity contribution < 1.29 is 26.4 Å². The first kappa shape index (κ1) is 20.3. The number of rotatable bonds is 3. The molecule has 0 aliphatic carbocycles. The Balaban J connectivity index is 1.69. The van der Waals surface area contributed by atoms with Gasteiger partial charge in [0, 0.05) is 31.7 Å². The number of hydrogen-bond acceptors (Lipinski definition) is 3. The molecule has 1 saturated heterocycles. The standard InChI is InChI=1S/C19H19F3N2O3S/c1-14-3-2-4-15(13-14)18(25)23-9-11-24(12-10-23)28(26,27)17-7-5-16(6-8-17)19(20,21)22/h2-8,13H,9-12H2,1H3. The van der Waals surface area contributed by atoms with Crippen LogP contribution in [0.3, 0.4) is 0 Å². The fraction of sp³-hybridized carbons (Fsp3) is 0.316. The minimum absolute atomic E-state index is 0.0842. The molecule has 0 saturated carbocycles. The van der Waals surface area contributed by atoms with Gasteiger partial charge in [0.25, 0.3) is 5.91 Å². The number of nitrogens with zero attached hydrogens (tertiary/aromatic N) is 2. The number of amides is 1. The number of aryl methyl sites for hydroxylation is 1. The number of carbonyl (C=O) groups excluding carboxylic acids is 1. The van der Waals surface area contributed by atoms with Crippen LogP contribution in [-0.2, 0) is 16.2 Å². The van der Waals surface area contributed by atoms with Gasteiger partial charge in [0.05, 0.1) is 10.5 Å². The SMILES string of the molecule is Cc1cccc(C(=O)N2CCN(S(=O)(=O)c3ccc(C(F)(F)F)cc3)CC2)c1. The Labute approximate surface area is 161 Å². The molecule has 28 heavy (non-hydrogen) atoms. The lowest BCUT2D eigenvalue weighted by atomic mass is 10.1. The van der Waals surface area contributed by atoms with Crippen LogP contribution in [0.15, 0.2) is 53.4 Å². The molecule has 1 heterocycles. The Morgan fingerprint density at radius 3 is 2.11 bits per heavy atom. The third-order valence-electron chi connectivity index (χ3n) is 4.61. The van der Waals surface area contributed by atoms with Crippen LogP contribution in [-0.4, -0.2) is 49.7 Å². The van der Waals surface area contributed by atoms with Crippen LogP contribution in [0, 0.1) is 6.92 Å². The van der Waals surface area contributed by atoms with Crippen molar-refractivity contribution in [1.82, 2.24) is 9.21 Å². The Morgan fingerprint density at radius 1 is 0.964 bits per heavy atom. The predicted molar refractivity (Wildman–Crippen MR) is 97.3 cm³/mol. The topological polar surface area (TPSA) is 57.7 Å². The van der Waals surface area contributed by atoms with Crippen LogP contribution < -0.4 is 0 Å². The minimum atomic E-state index is -4.52. The first-order valence-electron chi connectivity index (χ1n) is 8.62. The van der Waals surface area contributed by atoms with Crippen LogP contribution in [0.25, 0.3) is 0 Å². The summed E-state index contributed by atoms with van der Waals surface area (Å²) in [6.45, 7) is 2.48. The van der Waals surface area contributed by atoms with Crippen molar-refractivity contribution in [1.29, 1.82) is 0 Å². The van der Waals surface area contributed by atoms with Crippen LogP contribution in [0.2, 0.25) is 0 Å². The van der Waals surface area contributed by atoms with Gasteiger partial charge in [-0.25, -0.2) is 8.42 Å². The molecule has 0 radical (unpaired) electrons. The number of sulfonamides is 1. The molecule has 1 aliphatic rings. The number of carbonyl (C=O) groups is 1. The van der Waals surface area contributed by atoms with Crippen molar-refractivity contribution in [3.8, 4) is 0 Å². The molecule has 0 bridgehead atoms. The van der Waals surface area contributed by atoms with E-state index in [1.165, 1.54) is 4.31 Å². The summed E-state index contributed by atoms with van der Waals surface area (Å²) in [6.07, 6.45) is -4.52. The van der Waals surface area contributed by atoms with Crippen molar-refractivity contribution >= 4 is 15.9 Å². The maximum Gasteiger partial charge on any atom is 0.416 e. The minimum Gasteiger partial charge on any atom is -0.336 e. The van der Waals surface area contributed by atoms with Gasteiger partial charge in [-0.1, -0.05) is 17.7 Å². The number of hydrogen-bond donors (Lipinski definition) is 0. The molecular weight excluding hydrogens is 393 g/mol. The number of alkyl halides is 3. The van der Waals surface area contributed by atoms with Crippen LogP contribution in [0.4, 0.5) is 13.2 Å². The predicted octanol–water partition coefficient (Wildman–Crippen LogP) is 3.16. The highest BCUT2D eigenvalue weighted by Crippen LogP contribution is 2.30. The summed E-state index contributed by atoms with van der Waals surface area (Å²) in [4.78, 5) is 13.9. The third-order valence-corrected chi connectivity index (χ3v) is 6.52. The van der Waals surface area contributed by atoms with Gasteiger partial charge in [-0.3, -0.25) is 4.79 Å². The quantitative estimate of drug-likeness (QED) is 0.778. The second kappa shape index (κ2) is 7.56. The highest BCUT2D eigenvalue weighted by molar-refractivity contribution is 7.89. The van der Waals surface area contributed by atoms with Gasteiger partial charge in [-0.15, -0.1) is 0 Å². The van der Waals surface area contributed by atoms with E-state index in [-0.39, 0.29) is 37.0 Å². The van der Waals surface area contributed by atoms with E-state index in [0.717, 1.165) is 29.8 Å². The fourth-order valence-electron chi connectivity index (χ4n) is 3.06. The van der Waals surface area contributed by atoms with Crippen molar-refractivity contribution in [2.45, 2.75) is 18.0 Å². The lowest BCUT2D eigenvalue weighted by Crippen LogP contribution is -2.50. The van der Waals surface area contributed by atoms with E-state index < -0.39 is 21.8 Å². The van der Waals surface area contributed by atoms with Gasteiger partial charge in [0.15, 0.2) is 0 Å². The summed E-state index contributed by atoms with van der Waals surface area (Å²) in [5.41, 5.74) is 0.591. The van der Waals surface area contributed by atoms with Crippen molar-refractivity contribution in [3.63, 3.8) is 0 Å². The summed E-state index contributed by atoms with van der Waals surface area (Å²) in [6, 6.07) is 10.6. The maximum atomic E-state index is 12.7. The lowest BCUT2D eigenvalue weighted by Gasteiger charge is -2.34. The average Bonchev–Trinajstić information content (AvgIpc) is 2.67. The highest BCUT2D eigenvalue weighted by Gasteiger charge is 2.33. The molecule has 1 aliphatic heterocycles. The van der Waals surface area contributed by atoms with Crippen LogP contribution in [0.1, 0.15) is 21.5 Å². The third kappa shape index (κ3) is 4.20. The van der Waals surface area contributed by atoms with E-state index >= 15 is 0 Å². The average molecular weight is 412 g/mol. The number of halogens is 3. The summed E-state index contributed by atoms with van der Waals surface area (Å²) in [5.74, 6) is -0.171. The van der Waals surface area contributed by atoms with E-state index in [9.17, 15) is 26.4 Å². The first-order chi connectivity index (χ1) is 13.1. The molecule has 0 spiro atoms. The molecule has 5 nitrogen and oxygen atoms in total. The Kier molecular flexibility index (Phi) is 5.49. The fourth-order valence-corrected chi connectivity index (χ4v) is 4.48. The molecular formula is C19H19F3N2O3S. The highest BCUT2D eigenvalue weighted by atomic mass is 32.2. The summed E-state index contributed by atoms with van der Waals surface area (Å²) < 4.78 is 64.5. The normalized spacial score (nSPS) is 16.2. The van der Waals surface area contributed by atoms with Crippen molar-refractivity contribution in [2.24, 2.45) is 0 Å². The van der Waals surface area contributed by atoms with E-state index in [1.807, 2.05) is 13.0 Å². The largest absolute Gasteiger partial charge is 0.416 e. The molecule has 2 aromatic rings. The molecule has 150 valence electrons. The molecule has 2 aromatic carbocycles. The molecule has 9 heteroatoms. The second-order valence-corrected chi connectivity index (χ2v) is 8.53. The Morgan fingerprint density at radius 2 is 1.57 bits per heavy atom. The maximum absolute atomic E-state index is 12.7. The van der Waals surface area contributed by atoms with E-state index in [2.05, 4.69) is 0 Å². The summed E-state index contributed by atoms with van der Waals surface area (Å²) in [7, 11) is -3.92. The smallest absolute Gasteiger partial charge is 0.336 e. The monoisotopic (exact) mass is 412 g/mol. The zero-order valence-corrected chi connectivity index (χ0v) is 15.9. The zero-order chi connectivity index (χ0) is 20.5. The zero-order valence-electron chi connectivity index (χ0n) is 15.1. The summed E-state index contributed by atoms with van der Waals surface area (Å²) >= 11 is 0. The second-order valence-electron chi connectivity index (χ2n) is 6.59. The molecule has 0 N–H and O–H groups in total. The number of piperazine rings is 1. The molecule has 3 rings (SSSR count). The lowest BCUT2D eigenvalue weighted by molar-refractivity contribution is -0.137.